The van der Waals surface area contributed by atoms with Crippen molar-refractivity contribution in [3.8, 4) is 0 Å². The molecule has 1 aromatic rings. The number of carbonyl (C=O) groups is 2. The maximum atomic E-state index is 13.2. The summed E-state index contributed by atoms with van der Waals surface area (Å²) in [6.45, 7) is 1.26. The van der Waals surface area contributed by atoms with Crippen LogP contribution in [0.15, 0.2) is 29.4 Å². The minimum Gasteiger partial charge on any atom is -0.368 e. The fourth-order valence-electron chi connectivity index (χ4n) is 3.49. The van der Waals surface area contributed by atoms with Crippen molar-refractivity contribution in [1.82, 2.24) is 9.62 Å². The summed E-state index contributed by atoms with van der Waals surface area (Å²) < 4.78 is 37.7. The van der Waals surface area contributed by atoms with E-state index >= 15 is 0 Å². The zero-order valence-corrected chi connectivity index (χ0v) is 16.9. The number of carbonyl (C=O) groups excluding carboxylic acids is 2. The molecule has 0 radical (unpaired) electrons. The zero-order chi connectivity index (χ0) is 21.2. The molecule has 0 aliphatic carbocycles. The second-order valence-electron chi connectivity index (χ2n) is 7.31. The van der Waals surface area contributed by atoms with E-state index in [1.807, 2.05) is 0 Å². The Bertz CT molecular complexity index is 911. The molecule has 1 aromatic carbocycles. The molecule has 1 unspecified atom stereocenters. The molecular weight excluding hydrogens is 401 g/mol. The number of halogens is 1. The topological polar surface area (TPSA) is 125 Å². The number of anilines is 1. The number of hydrogen-bond donors (Lipinski definition) is 2. The highest BCUT2D eigenvalue weighted by molar-refractivity contribution is 7.88. The summed E-state index contributed by atoms with van der Waals surface area (Å²) >= 11 is 0. The molecule has 3 rings (SSSR count). The van der Waals surface area contributed by atoms with Crippen molar-refractivity contribution in [3.63, 3.8) is 0 Å². The molecule has 1 atom stereocenters. The number of piperidine rings is 1. The Morgan fingerprint density at radius 1 is 1.24 bits per heavy atom. The van der Waals surface area contributed by atoms with E-state index in [4.69, 9.17) is 5.73 Å². The first-order valence-corrected chi connectivity index (χ1v) is 11.1. The maximum Gasteiger partial charge on any atom is 0.267 e. The van der Waals surface area contributed by atoms with E-state index in [0.717, 1.165) is 0 Å². The van der Waals surface area contributed by atoms with Gasteiger partial charge in [-0.05, 0) is 43.0 Å². The van der Waals surface area contributed by atoms with Crippen LogP contribution in [0.3, 0.4) is 0 Å². The SMILES string of the molecule is CS(=O)(=O)N1CCC(CNC(=O)C2=NN(c3ccc(F)cc3)C(C(N)=O)C2)CC1. The molecule has 0 saturated carbocycles. The average Bonchev–Trinajstić information content (AvgIpc) is 3.12. The van der Waals surface area contributed by atoms with Gasteiger partial charge in [0.15, 0.2) is 0 Å². The van der Waals surface area contributed by atoms with Crippen LogP contribution < -0.4 is 16.1 Å². The summed E-state index contributed by atoms with van der Waals surface area (Å²) in [6, 6.07) is 4.59. The first-order valence-electron chi connectivity index (χ1n) is 9.30. The number of hydrogen-bond acceptors (Lipinski definition) is 6. The molecule has 2 aliphatic rings. The van der Waals surface area contributed by atoms with Crippen LogP contribution in [0.4, 0.5) is 10.1 Å². The van der Waals surface area contributed by atoms with E-state index in [-0.39, 0.29) is 18.1 Å². The summed E-state index contributed by atoms with van der Waals surface area (Å²) in [5, 5.41) is 8.37. The van der Waals surface area contributed by atoms with Gasteiger partial charge < -0.3 is 11.1 Å². The van der Waals surface area contributed by atoms with Crippen LogP contribution in [0.25, 0.3) is 0 Å². The predicted molar refractivity (Wildman–Crippen MR) is 106 cm³/mol. The molecule has 1 saturated heterocycles. The van der Waals surface area contributed by atoms with Crippen molar-refractivity contribution in [2.75, 3.05) is 30.9 Å². The minimum atomic E-state index is -3.19. The Morgan fingerprint density at radius 3 is 2.41 bits per heavy atom. The van der Waals surface area contributed by atoms with Gasteiger partial charge >= 0.3 is 0 Å². The summed E-state index contributed by atoms with van der Waals surface area (Å²) in [7, 11) is -3.19. The Balaban J connectivity index is 1.60. The van der Waals surface area contributed by atoms with Gasteiger partial charge in [-0.25, -0.2) is 17.1 Å². The van der Waals surface area contributed by atoms with E-state index in [2.05, 4.69) is 10.4 Å². The van der Waals surface area contributed by atoms with Crippen LogP contribution in [0.2, 0.25) is 0 Å². The number of primary amides is 1. The van der Waals surface area contributed by atoms with Crippen LogP contribution in [-0.4, -0.2) is 62.2 Å². The van der Waals surface area contributed by atoms with Crippen LogP contribution in [0.1, 0.15) is 19.3 Å². The van der Waals surface area contributed by atoms with Crippen LogP contribution in [0, 0.1) is 11.7 Å². The highest BCUT2D eigenvalue weighted by Gasteiger charge is 2.35. The number of rotatable bonds is 6. The van der Waals surface area contributed by atoms with E-state index < -0.39 is 33.7 Å². The Kier molecular flexibility index (Phi) is 6.18. The van der Waals surface area contributed by atoms with Crippen LogP contribution in [-0.2, 0) is 19.6 Å². The predicted octanol–water partition coefficient (Wildman–Crippen LogP) is 0.0335. The van der Waals surface area contributed by atoms with Gasteiger partial charge in [0.2, 0.25) is 15.9 Å². The quantitative estimate of drug-likeness (QED) is 0.665. The number of benzene rings is 1. The van der Waals surface area contributed by atoms with Gasteiger partial charge in [0.25, 0.3) is 5.91 Å². The molecule has 0 bridgehead atoms. The molecule has 0 spiro atoms. The normalized spacial score (nSPS) is 21.1. The second-order valence-corrected chi connectivity index (χ2v) is 9.29. The Hall–Kier alpha value is -2.53. The maximum absolute atomic E-state index is 13.2. The number of hydrazone groups is 1. The Labute approximate surface area is 168 Å². The van der Waals surface area contributed by atoms with Crippen LogP contribution >= 0.6 is 0 Å². The van der Waals surface area contributed by atoms with Gasteiger partial charge in [-0.3, -0.25) is 14.6 Å². The van der Waals surface area contributed by atoms with E-state index in [0.29, 0.717) is 38.2 Å². The first-order chi connectivity index (χ1) is 13.6. The van der Waals surface area contributed by atoms with Gasteiger partial charge in [-0.1, -0.05) is 0 Å². The summed E-state index contributed by atoms with van der Waals surface area (Å²) in [5.74, 6) is -1.29. The van der Waals surface area contributed by atoms with Crippen molar-refractivity contribution in [2.45, 2.75) is 25.3 Å². The number of sulfonamides is 1. The number of amides is 2. The lowest BCUT2D eigenvalue weighted by atomic mass is 9.98. The third kappa shape index (κ3) is 5.10. The number of nitrogens with one attached hydrogen (secondary N) is 1. The van der Waals surface area contributed by atoms with Gasteiger partial charge in [-0.15, -0.1) is 0 Å². The molecule has 9 nitrogen and oxygen atoms in total. The van der Waals surface area contributed by atoms with Crippen LogP contribution in [0.5, 0.6) is 0 Å². The fourth-order valence-corrected chi connectivity index (χ4v) is 4.36. The first kappa shape index (κ1) is 21.2. The van der Waals surface area contributed by atoms with Crippen molar-refractivity contribution >= 4 is 33.2 Å². The molecular formula is C18H24FN5O4S. The smallest absolute Gasteiger partial charge is 0.267 e. The molecule has 11 heteroatoms. The zero-order valence-electron chi connectivity index (χ0n) is 16.0. The van der Waals surface area contributed by atoms with Gasteiger partial charge in [-0.2, -0.15) is 5.10 Å². The van der Waals surface area contributed by atoms with E-state index in [1.165, 1.54) is 39.8 Å². The van der Waals surface area contributed by atoms with Crippen molar-refractivity contribution < 1.29 is 22.4 Å². The number of nitrogens with zero attached hydrogens (tertiary/aromatic N) is 3. The lowest BCUT2D eigenvalue weighted by Crippen LogP contribution is -2.42. The van der Waals surface area contributed by atoms with E-state index in [9.17, 15) is 22.4 Å². The third-order valence-corrected chi connectivity index (χ3v) is 6.49. The van der Waals surface area contributed by atoms with Crippen molar-refractivity contribution in [1.29, 1.82) is 0 Å². The highest BCUT2D eigenvalue weighted by Crippen LogP contribution is 2.25. The average molecular weight is 425 g/mol. The molecule has 3 N–H and O–H groups in total. The summed E-state index contributed by atoms with van der Waals surface area (Å²) in [5.41, 5.74) is 6.08. The standard InChI is InChI=1S/C18H24FN5O4S/c1-29(27,28)23-8-6-12(7-9-23)11-21-18(26)15-10-16(17(20)25)24(22-15)14-4-2-13(19)3-5-14/h2-5,12,16H,6-11H2,1H3,(H2,20,25)(H,21,26). The molecule has 1 fully saturated rings. The van der Waals surface area contributed by atoms with Crippen molar-refractivity contribution in [2.24, 2.45) is 16.8 Å². The second kappa shape index (κ2) is 8.46. The molecule has 158 valence electrons. The molecule has 0 aromatic heterocycles. The molecule has 2 aliphatic heterocycles. The van der Waals surface area contributed by atoms with Crippen molar-refractivity contribution in [3.05, 3.63) is 30.1 Å². The molecule has 29 heavy (non-hydrogen) atoms. The largest absolute Gasteiger partial charge is 0.368 e. The van der Waals surface area contributed by atoms with Gasteiger partial charge in [0.1, 0.15) is 17.6 Å². The summed E-state index contributed by atoms with van der Waals surface area (Å²) in [4.78, 5) is 24.3. The highest BCUT2D eigenvalue weighted by atomic mass is 32.2. The van der Waals surface area contributed by atoms with Gasteiger partial charge in [0.05, 0.1) is 11.9 Å². The lowest BCUT2D eigenvalue weighted by Gasteiger charge is -2.30. The molecule has 2 amide bonds. The summed E-state index contributed by atoms with van der Waals surface area (Å²) in [6.07, 6.45) is 2.57. The monoisotopic (exact) mass is 425 g/mol. The Morgan fingerprint density at radius 2 is 1.86 bits per heavy atom. The minimum absolute atomic E-state index is 0.0606. The fraction of sp³-hybridized carbons (Fsp3) is 0.500. The third-order valence-electron chi connectivity index (χ3n) is 5.19. The lowest BCUT2D eigenvalue weighted by molar-refractivity contribution is -0.119. The molecule has 2 heterocycles. The van der Waals surface area contributed by atoms with Gasteiger partial charge in [0, 0.05) is 26.1 Å². The van der Waals surface area contributed by atoms with E-state index in [1.54, 1.807) is 0 Å². The number of nitrogens with two attached hydrogens (primary N) is 1.